The Balaban J connectivity index is 2.11. The van der Waals surface area contributed by atoms with Crippen LogP contribution < -0.4 is 11.5 Å². The van der Waals surface area contributed by atoms with Crippen LogP contribution in [-0.4, -0.2) is 22.4 Å². The number of amidine groups is 1. The SMILES string of the molecule is N/C(=N\N=Cc1ccc(Br)o1)c1nonc1N. The van der Waals surface area contributed by atoms with Gasteiger partial charge in [0, 0.05) is 0 Å². The van der Waals surface area contributed by atoms with E-state index < -0.39 is 0 Å². The number of hydrogen-bond donors (Lipinski definition) is 2. The van der Waals surface area contributed by atoms with Crippen molar-refractivity contribution in [2.75, 3.05) is 5.73 Å². The Morgan fingerprint density at radius 1 is 1.41 bits per heavy atom. The van der Waals surface area contributed by atoms with Crippen LogP contribution in [0.2, 0.25) is 0 Å². The van der Waals surface area contributed by atoms with Crippen molar-refractivity contribution in [3.63, 3.8) is 0 Å². The molecule has 4 N–H and O–H groups in total. The van der Waals surface area contributed by atoms with Crippen LogP contribution in [0.15, 0.2) is 36.1 Å². The zero-order valence-corrected chi connectivity index (χ0v) is 9.96. The number of halogens is 1. The number of nitrogen functional groups attached to an aromatic ring is 1. The Hall–Kier alpha value is -2.16. The highest BCUT2D eigenvalue weighted by Crippen LogP contribution is 2.12. The molecule has 9 heteroatoms. The van der Waals surface area contributed by atoms with Gasteiger partial charge in [-0.25, -0.2) is 4.63 Å². The summed E-state index contributed by atoms with van der Waals surface area (Å²) in [5.41, 5.74) is 11.1. The smallest absolute Gasteiger partial charge is 0.199 e. The predicted octanol–water partition coefficient (Wildman–Crippen LogP) is 0.747. The molecule has 0 saturated carbocycles. The van der Waals surface area contributed by atoms with Crippen molar-refractivity contribution in [3.05, 3.63) is 28.3 Å². The highest BCUT2D eigenvalue weighted by molar-refractivity contribution is 9.10. The molecule has 2 rings (SSSR count). The number of nitrogens with zero attached hydrogens (tertiary/aromatic N) is 4. The van der Waals surface area contributed by atoms with Crippen molar-refractivity contribution >= 4 is 33.8 Å². The van der Waals surface area contributed by atoms with Crippen LogP contribution in [0.1, 0.15) is 11.5 Å². The molecule has 2 aromatic heterocycles. The molecule has 0 spiro atoms. The molecule has 0 amide bonds. The fourth-order valence-electron chi connectivity index (χ4n) is 0.966. The maximum atomic E-state index is 5.56. The van der Waals surface area contributed by atoms with Gasteiger partial charge in [0.05, 0.1) is 6.21 Å². The van der Waals surface area contributed by atoms with Crippen LogP contribution in [0.5, 0.6) is 0 Å². The summed E-state index contributed by atoms with van der Waals surface area (Å²) in [6, 6.07) is 3.44. The maximum Gasteiger partial charge on any atom is 0.199 e. The van der Waals surface area contributed by atoms with Crippen molar-refractivity contribution in [2.45, 2.75) is 0 Å². The van der Waals surface area contributed by atoms with Gasteiger partial charge < -0.3 is 15.9 Å². The largest absolute Gasteiger partial charge is 0.448 e. The van der Waals surface area contributed by atoms with E-state index in [1.807, 2.05) is 0 Å². The van der Waals surface area contributed by atoms with E-state index in [-0.39, 0.29) is 17.3 Å². The molecule has 0 saturated heterocycles. The van der Waals surface area contributed by atoms with Crippen molar-refractivity contribution in [1.29, 1.82) is 0 Å². The van der Waals surface area contributed by atoms with Gasteiger partial charge in [0.1, 0.15) is 5.76 Å². The lowest BCUT2D eigenvalue weighted by Crippen LogP contribution is -2.15. The van der Waals surface area contributed by atoms with Gasteiger partial charge in [-0.2, -0.15) is 5.10 Å². The lowest BCUT2D eigenvalue weighted by Gasteiger charge is -1.90. The van der Waals surface area contributed by atoms with Crippen molar-refractivity contribution in [1.82, 2.24) is 10.3 Å². The molecule has 0 fully saturated rings. The Labute approximate surface area is 103 Å². The zero-order valence-electron chi connectivity index (χ0n) is 8.37. The van der Waals surface area contributed by atoms with E-state index in [1.54, 1.807) is 12.1 Å². The standard InChI is InChI=1S/C8H7BrN6O2/c9-5-2-1-4(16-5)3-12-13-7(10)6-8(11)15-17-14-6/h1-3H,(H2,10,13)(H2,11,15). The van der Waals surface area contributed by atoms with Gasteiger partial charge in [-0.1, -0.05) is 0 Å². The number of nitrogens with two attached hydrogens (primary N) is 2. The lowest BCUT2D eigenvalue weighted by molar-refractivity contribution is 0.308. The molecule has 0 aliphatic rings. The summed E-state index contributed by atoms with van der Waals surface area (Å²) in [7, 11) is 0. The van der Waals surface area contributed by atoms with E-state index in [0.29, 0.717) is 10.4 Å². The Kier molecular flexibility index (Phi) is 3.19. The van der Waals surface area contributed by atoms with Gasteiger partial charge in [-0.05, 0) is 38.4 Å². The number of aromatic nitrogens is 2. The first-order valence-electron chi connectivity index (χ1n) is 4.37. The summed E-state index contributed by atoms with van der Waals surface area (Å²) in [5.74, 6) is 0.590. The highest BCUT2D eigenvalue weighted by atomic mass is 79.9. The predicted molar refractivity (Wildman–Crippen MR) is 63.4 cm³/mol. The second-order valence-corrected chi connectivity index (χ2v) is 3.65. The summed E-state index contributed by atoms with van der Waals surface area (Å²) in [6.07, 6.45) is 1.39. The van der Waals surface area contributed by atoms with Crippen LogP contribution in [0.25, 0.3) is 0 Å². The minimum atomic E-state index is 0.00521. The van der Waals surface area contributed by atoms with Crippen LogP contribution in [0, 0.1) is 0 Å². The second kappa shape index (κ2) is 4.78. The first-order chi connectivity index (χ1) is 8.16. The quantitative estimate of drug-likeness (QED) is 0.488. The minimum absolute atomic E-state index is 0.00521. The Morgan fingerprint density at radius 2 is 2.24 bits per heavy atom. The molecule has 0 aliphatic heterocycles. The summed E-state index contributed by atoms with van der Waals surface area (Å²) in [5, 5.41) is 14.2. The average Bonchev–Trinajstić information content (AvgIpc) is 2.87. The van der Waals surface area contributed by atoms with Gasteiger partial charge in [0.2, 0.25) is 0 Å². The number of furan rings is 1. The fraction of sp³-hybridized carbons (Fsp3) is 0. The zero-order chi connectivity index (χ0) is 12.3. The summed E-state index contributed by atoms with van der Waals surface area (Å²) < 4.78 is 10.1. The van der Waals surface area contributed by atoms with E-state index in [2.05, 4.69) is 41.1 Å². The molecule has 0 atom stereocenters. The highest BCUT2D eigenvalue weighted by Gasteiger charge is 2.09. The molecule has 0 aliphatic carbocycles. The summed E-state index contributed by atoms with van der Waals surface area (Å²) >= 11 is 3.16. The third-order valence-electron chi connectivity index (χ3n) is 1.70. The van der Waals surface area contributed by atoms with E-state index in [4.69, 9.17) is 15.9 Å². The third-order valence-corrected chi connectivity index (χ3v) is 2.13. The maximum absolute atomic E-state index is 5.56. The van der Waals surface area contributed by atoms with Crippen LogP contribution >= 0.6 is 15.9 Å². The number of rotatable bonds is 3. The molecule has 0 radical (unpaired) electrons. The van der Waals surface area contributed by atoms with Gasteiger partial charge in [0.15, 0.2) is 22.0 Å². The lowest BCUT2D eigenvalue weighted by atomic mass is 10.4. The molecule has 2 heterocycles. The van der Waals surface area contributed by atoms with Crippen LogP contribution in [0.4, 0.5) is 5.82 Å². The second-order valence-electron chi connectivity index (χ2n) is 2.87. The van der Waals surface area contributed by atoms with E-state index in [1.165, 1.54) is 6.21 Å². The van der Waals surface area contributed by atoms with E-state index in [0.717, 1.165) is 0 Å². The minimum Gasteiger partial charge on any atom is -0.448 e. The van der Waals surface area contributed by atoms with Gasteiger partial charge in [0.25, 0.3) is 0 Å². The van der Waals surface area contributed by atoms with Gasteiger partial charge in [-0.3, -0.25) is 0 Å². The van der Waals surface area contributed by atoms with Crippen molar-refractivity contribution < 1.29 is 9.05 Å². The van der Waals surface area contributed by atoms with Crippen molar-refractivity contribution in [3.8, 4) is 0 Å². The normalized spacial score (nSPS) is 12.4. The Morgan fingerprint density at radius 3 is 2.82 bits per heavy atom. The molecular weight excluding hydrogens is 292 g/mol. The van der Waals surface area contributed by atoms with E-state index in [9.17, 15) is 0 Å². The summed E-state index contributed by atoms with van der Waals surface area (Å²) in [6.45, 7) is 0. The first kappa shape index (κ1) is 11.3. The first-order valence-corrected chi connectivity index (χ1v) is 5.16. The molecular formula is C8H7BrN6O2. The molecule has 0 bridgehead atoms. The number of anilines is 1. The Bertz CT molecular complexity index is 572. The van der Waals surface area contributed by atoms with Crippen molar-refractivity contribution in [2.24, 2.45) is 15.9 Å². The monoisotopic (exact) mass is 298 g/mol. The van der Waals surface area contributed by atoms with E-state index >= 15 is 0 Å². The molecule has 2 aromatic rings. The van der Waals surface area contributed by atoms with Crippen LogP contribution in [-0.2, 0) is 0 Å². The molecule has 8 nitrogen and oxygen atoms in total. The molecule has 0 aromatic carbocycles. The fourth-order valence-corrected chi connectivity index (χ4v) is 1.29. The van der Waals surface area contributed by atoms with Gasteiger partial charge in [-0.15, -0.1) is 5.10 Å². The van der Waals surface area contributed by atoms with Gasteiger partial charge >= 0.3 is 0 Å². The molecule has 17 heavy (non-hydrogen) atoms. The topological polar surface area (TPSA) is 129 Å². The average molecular weight is 299 g/mol. The summed E-state index contributed by atoms with van der Waals surface area (Å²) in [4.78, 5) is 0. The third kappa shape index (κ3) is 2.69. The van der Waals surface area contributed by atoms with Crippen LogP contribution in [0.3, 0.4) is 0 Å². The molecule has 0 unspecified atom stereocenters. The number of hydrogen-bond acceptors (Lipinski definition) is 7. The molecule has 88 valence electrons.